The molecule has 0 spiro atoms. The van der Waals surface area contributed by atoms with Crippen LogP contribution in [0.1, 0.15) is 6.92 Å². The highest BCUT2D eigenvalue weighted by molar-refractivity contribution is 7.89. The maximum absolute atomic E-state index is 12.5. The Balaban J connectivity index is 2.52. The number of nitrogens with zero attached hydrogens (tertiary/aromatic N) is 1. The summed E-state index contributed by atoms with van der Waals surface area (Å²) in [5.41, 5.74) is -1.66. The van der Waals surface area contributed by atoms with Crippen LogP contribution in [0.2, 0.25) is 10.0 Å². The van der Waals surface area contributed by atoms with Crippen LogP contribution >= 0.6 is 23.2 Å². The van der Waals surface area contributed by atoms with E-state index in [2.05, 4.69) is 0 Å². The molecule has 1 heterocycles. The molecular formula is C11H11Cl2NO5S. The van der Waals surface area contributed by atoms with Gasteiger partial charge in [-0.2, -0.15) is 4.31 Å². The summed E-state index contributed by atoms with van der Waals surface area (Å²) in [5, 5.41) is 9.52. The van der Waals surface area contributed by atoms with E-state index in [0.29, 0.717) is 0 Å². The number of sulfonamides is 1. The fraction of sp³-hybridized carbons (Fsp3) is 0.364. The molecule has 6 nitrogen and oxygen atoms in total. The minimum absolute atomic E-state index is 0.146. The number of carbonyl (C=O) groups is 1. The Kier molecular flexibility index (Phi) is 4.01. The van der Waals surface area contributed by atoms with Crippen LogP contribution < -0.4 is 0 Å². The Bertz CT molecular complexity index is 643. The molecule has 110 valence electrons. The molecule has 1 aromatic rings. The zero-order chi connectivity index (χ0) is 15.1. The van der Waals surface area contributed by atoms with Gasteiger partial charge >= 0.3 is 5.97 Å². The quantitative estimate of drug-likeness (QED) is 0.907. The van der Waals surface area contributed by atoms with E-state index in [-0.39, 0.29) is 28.3 Å². The molecule has 9 heteroatoms. The van der Waals surface area contributed by atoms with Gasteiger partial charge in [-0.05, 0) is 25.1 Å². The highest BCUT2D eigenvalue weighted by atomic mass is 35.5. The molecule has 0 saturated carbocycles. The van der Waals surface area contributed by atoms with Gasteiger partial charge in [0.2, 0.25) is 10.0 Å². The first-order valence-corrected chi connectivity index (χ1v) is 7.67. The summed E-state index contributed by atoms with van der Waals surface area (Å²) in [6.07, 6.45) is 0. The molecule has 1 N–H and O–H groups in total. The number of halogens is 2. The lowest BCUT2D eigenvalue weighted by molar-refractivity contribution is -0.145. The molecule has 0 radical (unpaired) electrons. The third kappa shape index (κ3) is 2.51. The molecule has 0 unspecified atom stereocenters. The number of ether oxygens (including phenoxy) is 1. The van der Waals surface area contributed by atoms with Crippen molar-refractivity contribution >= 4 is 39.2 Å². The lowest BCUT2D eigenvalue weighted by atomic mass is 10.1. The van der Waals surface area contributed by atoms with Gasteiger partial charge in [0.05, 0.1) is 11.5 Å². The molecule has 0 amide bonds. The van der Waals surface area contributed by atoms with Crippen molar-refractivity contribution in [3.8, 4) is 0 Å². The third-order valence-corrected chi connectivity index (χ3v) is 5.38. The standard InChI is InChI=1S/C11H11Cl2NO5S/c1-11(10(15)16)5-19-6-14(11)20(17,18)9-3-7(12)2-8(13)4-9/h2-4H,5-6H2,1H3,(H,15,16)/t11-/m0/s1. The summed E-state index contributed by atoms with van der Waals surface area (Å²) in [4.78, 5) is 11.1. The van der Waals surface area contributed by atoms with E-state index in [0.717, 1.165) is 4.31 Å². The lowest BCUT2D eigenvalue weighted by Gasteiger charge is -2.27. The van der Waals surface area contributed by atoms with E-state index < -0.39 is 21.5 Å². The monoisotopic (exact) mass is 339 g/mol. The topological polar surface area (TPSA) is 83.9 Å². The van der Waals surface area contributed by atoms with Crippen molar-refractivity contribution in [3.05, 3.63) is 28.2 Å². The second kappa shape index (κ2) is 5.16. The molecule has 2 rings (SSSR count). The Morgan fingerprint density at radius 1 is 1.35 bits per heavy atom. The van der Waals surface area contributed by atoms with E-state index in [1.807, 2.05) is 0 Å². The van der Waals surface area contributed by atoms with Gasteiger partial charge in [0.1, 0.15) is 6.73 Å². The first kappa shape index (κ1) is 15.5. The van der Waals surface area contributed by atoms with Crippen molar-refractivity contribution < 1.29 is 23.1 Å². The average molecular weight is 340 g/mol. The lowest BCUT2D eigenvalue weighted by Crippen LogP contribution is -2.52. The fourth-order valence-corrected chi connectivity index (χ4v) is 4.19. The number of rotatable bonds is 3. The first-order chi connectivity index (χ1) is 9.18. The molecule has 1 aliphatic heterocycles. The number of aliphatic carboxylic acids is 1. The van der Waals surface area contributed by atoms with Gasteiger partial charge < -0.3 is 9.84 Å². The largest absolute Gasteiger partial charge is 0.480 e. The molecular weight excluding hydrogens is 329 g/mol. The van der Waals surface area contributed by atoms with Crippen LogP contribution in [0.15, 0.2) is 23.1 Å². The van der Waals surface area contributed by atoms with Crippen molar-refractivity contribution in [2.24, 2.45) is 0 Å². The number of carboxylic acid groups (broad SMARTS) is 1. The molecule has 1 saturated heterocycles. The predicted molar refractivity (Wildman–Crippen MR) is 72.3 cm³/mol. The van der Waals surface area contributed by atoms with Crippen LogP contribution in [0, 0.1) is 0 Å². The fourth-order valence-electron chi connectivity index (χ4n) is 1.85. The summed E-state index contributed by atoms with van der Waals surface area (Å²) in [7, 11) is -4.08. The first-order valence-electron chi connectivity index (χ1n) is 5.48. The number of benzene rings is 1. The minimum Gasteiger partial charge on any atom is -0.480 e. The van der Waals surface area contributed by atoms with Gasteiger partial charge in [-0.3, -0.25) is 4.79 Å². The van der Waals surface area contributed by atoms with E-state index in [4.69, 9.17) is 27.9 Å². The molecule has 20 heavy (non-hydrogen) atoms. The summed E-state index contributed by atoms with van der Waals surface area (Å²) >= 11 is 11.6. The van der Waals surface area contributed by atoms with Gasteiger partial charge in [0, 0.05) is 10.0 Å². The Labute approximate surface area is 125 Å². The van der Waals surface area contributed by atoms with Crippen molar-refractivity contribution in [2.75, 3.05) is 13.3 Å². The average Bonchev–Trinajstić information content (AvgIpc) is 2.72. The van der Waals surface area contributed by atoms with Gasteiger partial charge in [0.15, 0.2) is 5.54 Å². The number of carboxylic acids is 1. The van der Waals surface area contributed by atoms with Crippen molar-refractivity contribution in [2.45, 2.75) is 17.4 Å². The van der Waals surface area contributed by atoms with Crippen LogP contribution in [0.4, 0.5) is 0 Å². The van der Waals surface area contributed by atoms with Crippen LogP contribution in [0.25, 0.3) is 0 Å². The van der Waals surface area contributed by atoms with Crippen LogP contribution in [-0.4, -0.2) is 42.7 Å². The normalized spacial score (nSPS) is 23.9. The highest BCUT2D eigenvalue weighted by Crippen LogP contribution is 2.32. The van der Waals surface area contributed by atoms with Crippen molar-refractivity contribution in [3.63, 3.8) is 0 Å². The van der Waals surface area contributed by atoms with E-state index >= 15 is 0 Å². The van der Waals surface area contributed by atoms with Gasteiger partial charge in [0.25, 0.3) is 0 Å². The van der Waals surface area contributed by atoms with Gasteiger partial charge in [-0.15, -0.1) is 0 Å². The molecule has 0 bridgehead atoms. The molecule has 1 fully saturated rings. The Morgan fingerprint density at radius 3 is 2.40 bits per heavy atom. The summed E-state index contributed by atoms with van der Waals surface area (Å²) in [5.74, 6) is -1.29. The van der Waals surface area contributed by atoms with Crippen molar-refractivity contribution in [1.29, 1.82) is 0 Å². The SMILES string of the molecule is C[C@@]1(C(=O)O)COCN1S(=O)(=O)c1cc(Cl)cc(Cl)c1. The van der Waals surface area contributed by atoms with E-state index in [9.17, 15) is 18.3 Å². The number of hydrogen-bond acceptors (Lipinski definition) is 4. The summed E-state index contributed by atoms with van der Waals surface area (Å²) < 4.78 is 30.8. The molecule has 0 aliphatic carbocycles. The van der Waals surface area contributed by atoms with Crippen LogP contribution in [0.3, 0.4) is 0 Å². The second-order valence-corrected chi connectivity index (χ2v) is 7.25. The predicted octanol–water partition coefficient (Wildman–Crippen LogP) is 1.82. The molecule has 1 aromatic carbocycles. The van der Waals surface area contributed by atoms with Gasteiger partial charge in [-0.1, -0.05) is 23.2 Å². The third-order valence-electron chi connectivity index (χ3n) is 3.03. The highest BCUT2D eigenvalue weighted by Gasteiger charge is 2.51. The Morgan fingerprint density at radius 2 is 1.90 bits per heavy atom. The van der Waals surface area contributed by atoms with Crippen LogP contribution in [-0.2, 0) is 19.6 Å². The zero-order valence-electron chi connectivity index (χ0n) is 10.3. The molecule has 0 aromatic heterocycles. The smallest absolute Gasteiger partial charge is 0.327 e. The van der Waals surface area contributed by atoms with E-state index in [1.165, 1.54) is 25.1 Å². The molecule has 1 aliphatic rings. The second-order valence-electron chi connectivity index (χ2n) is 4.52. The van der Waals surface area contributed by atoms with Gasteiger partial charge in [-0.25, -0.2) is 8.42 Å². The zero-order valence-corrected chi connectivity index (χ0v) is 12.7. The maximum atomic E-state index is 12.5. The summed E-state index contributed by atoms with van der Waals surface area (Å²) in [6.45, 7) is 0.719. The minimum atomic E-state index is -4.08. The number of hydrogen-bond donors (Lipinski definition) is 1. The van der Waals surface area contributed by atoms with E-state index in [1.54, 1.807) is 0 Å². The Hall–Kier alpha value is -0.860. The van der Waals surface area contributed by atoms with Crippen LogP contribution in [0.5, 0.6) is 0 Å². The molecule has 1 atom stereocenters. The summed E-state index contributed by atoms with van der Waals surface area (Å²) in [6, 6.07) is 3.81. The maximum Gasteiger partial charge on any atom is 0.327 e. The van der Waals surface area contributed by atoms with Crippen molar-refractivity contribution in [1.82, 2.24) is 4.31 Å².